The highest BCUT2D eigenvalue weighted by Gasteiger charge is 2.13. The third-order valence-corrected chi connectivity index (χ3v) is 4.81. The molecule has 6 heteroatoms. The van der Waals surface area contributed by atoms with Crippen LogP contribution in [0.3, 0.4) is 0 Å². The molecule has 0 saturated carbocycles. The van der Waals surface area contributed by atoms with Crippen LogP contribution in [0.2, 0.25) is 0 Å². The first-order valence-corrected chi connectivity index (χ1v) is 9.55. The number of benzene rings is 2. The van der Waals surface area contributed by atoms with Gasteiger partial charge in [-0.2, -0.15) is 5.10 Å². The van der Waals surface area contributed by atoms with Crippen LogP contribution in [0.1, 0.15) is 28.8 Å². The normalized spacial score (nSPS) is 13.4. The molecule has 0 spiro atoms. The van der Waals surface area contributed by atoms with Crippen molar-refractivity contribution in [1.29, 1.82) is 0 Å². The van der Waals surface area contributed by atoms with E-state index in [-0.39, 0.29) is 5.91 Å². The van der Waals surface area contributed by atoms with Crippen molar-refractivity contribution in [2.75, 3.05) is 28.6 Å². The molecule has 0 aliphatic carbocycles. The minimum atomic E-state index is -0.116. The van der Waals surface area contributed by atoms with Gasteiger partial charge < -0.3 is 15.5 Å². The van der Waals surface area contributed by atoms with Crippen molar-refractivity contribution >= 4 is 23.1 Å². The predicted octanol–water partition coefficient (Wildman–Crippen LogP) is 3.94. The molecule has 4 rings (SSSR count). The molecule has 28 heavy (non-hydrogen) atoms. The Morgan fingerprint density at radius 1 is 1.00 bits per heavy atom. The first-order chi connectivity index (χ1) is 13.8. The van der Waals surface area contributed by atoms with E-state index in [1.54, 1.807) is 12.1 Å². The smallest absolute Gasteiger partial charge is 0.255 e. The predicted molar refractivity (Wildman–Crippen MR) is 112 cm³/mol. The molecule has 0 radical (unpaired) electrons. The van der Waals surface area contributed by atoms with E-state index in [0.29, 0.717) is 12.1 Å². The molecule has 142 valence electrons. The van der Waals surface area contributed by atoms with E-state index in [0.717, 1.165) is 35.8 Å². The number of carbonyl (C=O) groups is 1. The number of nitrogens with zero attached hydrogens (tertiary/aromatic N) is 3. The van der Waals surface area contributed by atoms with Crippen LogP contribution in [-0.4, -0.2) is 29.2 Å². The van der Waals surface area contributed by atoms with Crippen molar-refractivity contribution in [3.8, 4) is 0 Å². The molecule has 0 atom stereocenters. The van der Waals surface area contributed by atoms with Crippen molar-refractivity contribution in [3.63, 3.8) is 0 Å². The summed E-state index contributed by atoms with van der Waals surface area (Å²) in [6, 6.07) is 19.0. The highest BCUT2D eigenvalue weighted by atomic mass is 16.1. The van der Waals surface area contributed by atoms with E-state index in [1.807, 2.05) is 54.7 Å². The lowest BCUT2D eigenvalue weighted by Crippen LogP contribution is -2.18. The van der Waals surface area contributed by atoms with Crippen molar-refractivity contribution < 1.29 is 4.79 Å². The van der Waals surface area contributed by atoms with Crippen LogP contribution in [0.4, 0.5) is 17.2 Å². The summed E-state index contributed by atoms with van der Waals surface area (Å²) in [5.41, 5.74) is 3.57. The fourth-order valence-corrected chi connectivity index (χ4v) is 3.34. The van der Waals surface area contributed by atoms with Crippen molar-refractivity contribution in [2.45, 2.75) is 19.4 Å². The van der Waals surface area contributed by atoms with E-state index in [9.17, 15) is 4.79 Å². The minimum absolute atomic E-state index is 0.116. The van der Waals surface area contributed by atoms with Crippen LogP contribution >= 0.6 is 0 Å². The van der Waals surface area contributed by atoms with Gasteiger partial charge in [0.15, 0.2) is 5.82 Å². The van der Waals surface area contributed by atoms with Gasteiger partial charge in [-0.05, 0) is 42.7 Å². The quantitative estimate of drug-likeness (QED) is 0.685. The van der Waals surface area contributed by atoms with Gasteiger partial charge in [0.1, 0.15) is 0 Å². The highest BCUT2D eigenvalue weighted by Crippen LogP contribution is 2.21. The molecule has 1 amide bonds. The summed E-state index contributed by atoms with van der Waals surface area (Å²) in [5, 5.41) is 14.6. The Hall–Kier alpha value is -3.41. The van der Waals surface area contributed by atoms with Crippen LogP contribution in [0.15, 0.2) is 66.9 Å². The summed E-state index contributed by atoms with van der Waals surface area (Å²) >= 11 is 0. The largest absolute Gasteiger partial charge is 0.370 e. The number of rotatable bonds is 6. The van der Waals surface area contributed by atoms with Gasteiger partial charge in [0.25, 0.3) is 5.91 Å². The van der Waals surface area contributed by atoms with Crippen LogP contribution in [-0.2, 0) is 6.54 Å². The highest BCUT2D eigenvalue weighted by molar-refractivity contribution is 6.04. The maximum atomic E-state index is 12.3. The molecule has 1 aliphatic rings. The molecule has 6 nitrogen and oxygen atoms in total. The second-order valence-corrected chi connectivity index (χ2v) is 6.87. The molecule has 2 heterocycles. The Morgan fingerprint density at radius 3 is 2.64 bits per heavy atom. The Balaban J connectivity index is 1.38. The number of anilines is 3. The first kappa shape index (κ1) is 18.0. The summed E-state index contributed by atoms with van der Waals surface area (Å²) in [4.78, 5) is 14.7. The molecule has 2 aromatic carbocycles. The van der Waals surface area contributed by atoms with Gasteiger partial charge in [-0.25, -0.2) is 0 Å². The van der Waals surface area contributed by atoms with Gasteiger partial charge in [-0.3, -0.25) is 4.79 Å². The lowest BCUT2D eigenvalue weighted by Gasteiger charge is -2.17. The molecule has 1 fully saturated rings. The Kier molecular flexibility index (Phi) is 5.47. The monoisotopic (exact) mass is 373 g/mol. The number of nitrogens with one attached hydrogen (secondary N) is 2. The van der Waals surface area contributed by atoms with Crippen molar-refractivity contribution in [3.05, 3.63) is 78.0 Å². The van der Waals surface area contributed by atoms with Crippen LogP contribution < -0.4 is 15.5 Å². The maximum Gasteiger partial charge on any atom is 0.255 e. The lowest BCUT2D eigenvalue weighted by atomic mass is 10.1. The van der Waals surface area contributed by atoms with Crippen molar-refractivity contribution in [1.82, 2.24) is 10.2 Å². The van der Waals surface area contributed by atoms with E-state index >= 15 is 0 Å². The van der Waals surface area contributed by atoms with Crippen LogP contribution in [0.25, 0.3) is 0 Å². The minimum Gasteiger partial charge on any atom is -0.370 e. The molecule has 0 unspecified atom stereocenters. The standard InChI is InChI=1S/C22H23N5O/c28-22(18-8-2-1-3-9-18)25-19-10-6-7-17(13-19)15-23-21-14-20(16-24-26-21)27-11-4-5-12-27/h1-3,6-10,13-14,16H,4-5,11-12,15H2,(H,23,26)(H,25,28). The topological polar surface area (TPSA) is 70.2 Å². The van der Waals surface area contributed by atoms with Crippen molar-refractivity contribution in [2.24, 2.45) is 0 Å². The fraction of sp³-hybridized carbons (Fsp3) is 0.227. The second kappa shape index (κ2) is 8.52. The Morgan fingerprint density at radius 2 is 1.82 bits per heavy atom. The van der Waals surface area contributed by atoms with E-state index < -0.39 is 0 Å². The molecule has 1 aliphatic heterocycles. The molecule has 2 N–H and O–H groups in total. The summed E-state index contributed by atoms with van der Waals surface area (Å²) in [7, 11) is 0. The molecule has 3 aromatic rings. The van der Waals surface area contributed by atoms with Crippen LogP contribution in [0.5, 0.6) is 0 Å². The molecular formula is C22H23N5O. The third-order valence-electron chi connectivity index (χ3n) is 4.81. The SMILES string of the molecule is O=C(Nc1cccc(CNc2cc(N3CCCC3)cnn2)c1)c1ccccc1. The number of amides is 1. The zero-order valence-electron chi connectivity index (χ0n) is 15.6. The first-order valence-electron chi connectivity index (χ1n) is 9.55. The van der Waals surface area contributed by atoms with E-state index in [2.05, 4.69) is 25.7 Å². The average Bonchev–Trinajstić information content (AvgIpc) is 3.28. The van der Waals surface area contributed by atoms with Gasteiger partial charge in [0.2, 0.25) is 0 Å². The number of carbonyl (C=O) groups excluding carboxylic acids is 1. The van der Waals surface area contributed by atoms with Gasteiger partial charge in [-0.1, -0.05) is 30.3 Å². The number of aromatic nitrogens is 2. The Labute approximate surface area is 164 Å². The molecule has 0 bridgehead atoms. The summed E-state index contributed by atoms with van der Waals surface area (Å²) in [6.07, 6.45) is 4.27. The average molecular weight is 373 g/mol. The summed E-state index contributed by atoms with van der Waals surface area (Å²) in [6.45, 7) is 2.76. The lowest BCUT2D eigenvalue weighted by molar-refractivity contribution is 0.102. The second-order valence-electron chi connectivity index (χ2n) is 6.87. The van der Waals surface area contributed by atoms with Crippen LogP contribution in [0, 0.1) is 0 Å². The summed E-state index contributed by atoms with van der Waals surface area (Å²) < 4.78 is 0. The van der Waals surface area contributed by atoms with Gasteiger partial charge >= 0.3 is 0 Å². The zero-order valence-corrected chi connectivity index (χ0v) is 15.6. The molecule has 1 saturated heterocycles. The van der Waals surface area contributed by atoms with Gasteiger partial charge in [-0.15, -0.1) is 5.10 Å². The third kappa shape index (κ3) is 4.46. The molecular weight excluding hydrogens is 350 g/mol. The number of hydrogen-bond acceptors (Lipinski definition) is 5. The van der Waals surface area contributed by atoms with Gasteiger partial charge in [0, 0.05) is 37.0 Å². The number of hydrogen-bond donors (Lipinski definition) is 2. The summed E-state index contributed by atoms with van der Waals surface area (Å²) in [5.74, 6) is 0.637. The van der Waals surface area contributed by atoms with E-state index in [4.69, 9.17) is 0 Å². The maximum absolute atomic E-state index is 12.3. The Bertz CT molecular complexity index is 938. The van der Waals surface area contributed by atoms with Gasteiger partial charge in [0.05, 0.1) is 11.9 Å². The van der Waals surface area contributed by atoms with E-state index in [1.165, 1.54) is 12.8 Å². The molecule has 1 aromatic heterocycles. The zero-order chi connectivity index (χ0) is 19.2. The fourth-order valence-electron chi connectivity index (χ4n) is 3.34.